The summed E-state index contributed by atoms with van der Waals surface area (Å²) >= 11 is 0. The van der Waals surface area contributed by atoms with Crippen molar-refractivity contribution in [1.82, 2.24) is 15.4 Å². The van der Waals surface area contributed by atoms with E-state index in [4.69, 9.17) is 0 Å². The van der Waals surface area contributed by atoms with Crippen LogP contribution in [0.25, 0.3) is 0 Å². The number of hydrogen-bond donors (Lipinski definition) is 3. The molecule has 1 aromatic carbocycles. The molecule has 2 atom stereocenters. The minimum Gasteiger partial charge on any atom is -0.352 e. The van der Waals surface area contributed by atoms with Crippen molar-refractivity contribution in [2.45, 2.75) is 49.6 Å². The number of rotatable bonds is 5. The van der Waals surface area contributed by atoms with Gasteiger partial charge < -0.3 is 10.6 Å². The van der Waals surface area contributed by atoms with Gasteiger partial charge in [-0.3, -0.25) is 14.5 Å². The number of nitrogens with zero attached hydrogens (tertiary/aromatic N) is 1. The minimum atomic E-state index is -3.50. The number of carbonyl (C=O) groups is 1. The molecule has 0 spiro atoms. The molecule has 136 valence electrons. The Kier molecular flexibility index (Phi) is 5.39. The molecule has 1 amide bonds. The molecule has 8 heteroatoms. The third kappa shape index (κ3) is 4.19. The number of amidine groups is 1. The van der Waals surface area contributed by atoms with Crippen molar-refractivity contribution in [2.75, 3.05) is 13.1 Å². The van der Waals surface area contributed by atoms with E-state index in [0.717, 1.165) is 19.4 Å². The first-order chi connectivity index (χ1) is 12.0. The zero-order valence-electron chi connectivity index (χ0n) is 14.3. The Morgan fingerprint density at radius 2 is 2.16 bits per heavy atom. The van der Waals surface area contributed by atoms with E-state index < -0.39 is 10.0 Å². The number of aliphatic imine (C=N–C) groups is 1. The Balaban J connectivity index is 1.50. The van der Waals surface area contributed by atoms with Crippen LogP contribution in [0.5, 0.6) is 0 Å². The molecule has 0 saturated carbocycles. The molecule has 1 fully saturated rings. The van der Waals surface area contributed by atoms with Gasteiger partial charge in [0.05, 0.1) is 4.90 Å². The van der Waals surface area contributed by atoms with Crippen LogP contribution < -0.4 is 15.4 Å². The van der Waals surface area contributed by atoms with Gasteiger partial charge in [-0.25, -0.2) is 8.42 Å². The Bertz CT molecular complexity index is 776. The van der Waals surface area contributed by atoms with Crippen molar-refractivity contribution in [3.63, 3.8) is 0 Å². The Hall–Kier alpha value is -1.93. The van der Waals surface area contributed by atoms with Crippen LogP contribution in [0.1, 0.15) is 38.2 Å². The van der Waals surface area contributed by atoms with Crippen LogP contribution in [-0.4, -0.2) is 45.3 Å². The van der Waals surface area contributed by atoms with Gasteiger partial charge in [0.25, 0.3) is 10.0 Å². The van der Waals surface area contributed by atoms with Gasteiger partial charge in [-0.05, 0) is 44.9 Å². The van der Waals surface area contributed by atoms with Gasteiger partial charge in [0.2, 0.25) is 5.91 Å². The third-order valence-electron chi connectivity index (χ3n) is 4.60. The highest BCUT2D eigenvalue weighted by Crippen LogP contribution is 2.22. The monoisotopic (exact) mass is 364 g/mol. The first kappa shape index (κ1) is 17.9. The average molecular weight is 364 g/mol. The second kappa shape index (κ2) is 7.53. The fourth-order valence-corrected chi connectivity index (χ4v) is 4.45. The summed E-state index contributed by atoms with van der Waals surface area (Å²) in [5.41, 5.74) is 0.592. The highest BCUT2D eigenvalue weighted by atomic mass is 32.2. The quantitative estimate of drug-likeness (QED) is 0.672. The van der Waals surface area contributed by atoms with E-state index in [1.165, 1.54) is 0 Å². The predicted molar refractivity (Wildman–Crippen MR) is 96.0 cm³/mol. The number of carbonyl (C=O) groups excluding carboxylic acids is 1. The molecule has 1 saturated heterocycles. The standard InChI is InChI=1S/C17H24N4O3S/c1-12-14(7-4-10-18-12)20-16(22)9-5-11-19-17-13-6-2-3-8-15(13)25(23,24)21-17/h2-3,6,8,12,14,18H,4-5,7,9-11H2,1H3,(H,19,21)(H,20,22). The normalized spacial score (nSPS) is 26.0. The SMILES string of the molecule is CC1NCCCC1NC(=O)CCCN=C1NS(=O)(=O)c2ccccc21. The van der Waals surface area contributed by atoms with Crippen LogP contribution in [0.15, 0.2) is 34.2 Å². The molecule has 3 rings (SSSR count). The molecule has 1 aromatic rings. The Morgan fingerprint density at radius 1 is 1.36 bits per heavy atom. The summed E-state index contributed by atoms with van der Waals surface area (Å²) in [7, 11) is -3.50. The number of sulfonamides is 1. The van der Waals surface area contributed by atoms with Gasteiger partial charge in [0.1, 0.15) is 5.84 Å². The van der Waals surface area contributed by atoms with Crippen LogP contribution in [0.2, 0.25) is 0 Å². The van der Waals surface area contributed by atoms with Gasteiger partial charge in [-0.15, -0.1) is 0 Å². The topological polar surface area (TPSA) is 99.7 Å². The molecule has 0 aliphatic carbocycles. The highest BCUT2D eigenvalue weighted by molar-refractivity contribution is 7.90. The number of nitrogens with one attached hydrogen (secondary N) is 3. The molecular formula is C17H24N4O3S. The molecule has 2 aliphatic heterocycles. The average Bonchev–Trinajstić information content (AvgIpc) is 2.85. The molecule has 0 aromatic heterocycles. The fraction of sp³-hybridized carbons (Fsp3) is 0.529. The minimum absolute atomic E-state index is 0.0214. The molecule has 0 bridgehead atoms. The predicted octanol–water partition coefficient (Wildman–Crippen LogP) is 0.762. The summed E-state index contributed by atoms with van der Waals surface area (Å²) in [6.07, 6.45) is 3.03. The van der Waals surface area contributed by atoms with E-state index in [-0.39, 0.29) is 16.8 Å². The number of hydrogen-bond acceptors (Lipinski definition) is 5. The van der Waals surface area contributed by atoms with Gasteiger partial charge in [0.15, 0.2) is 0 Å². The fourth-order valence-electron chi connectivity index (χ4n) is 3.20. The summed E-state index contributed by atoms with van der Waals surface area (Å²) < 4.78 is 26.5. The van der Waals surface area contributed by atoms with Crippen molar-refractivity contribution in [3.8, 4) is 0 Å². The van der Waals surface area contributed by atoms with Crippen molar-refractivity contribution in [3.05, 3.63) is 29.8 Å². The molecule has 3 N–H and O–H groups in total. The van der Waals surface area contributed by atoms with Crippen LogP contribution >= 0.6 is 0 Å². The number of benzene rings is 1. The maximum atomic E-state index is 12.1. The van der Waals surface area contributed by atoms with E-state index in [1.807, 2.05) is 0 Å². The number of piperidine rings is 1. The van der Waals surface area contributed by atoms with Gasteiger partial charge in [0, 0.05) is 30.6 Å². The molecule has 7 nitrogen and oxygen atoms in total. The summed E-state index contributed by atoms with van der Waals surface area (Å²) in [5, 5.41) is 6.42. The van der Waals surface area contributed by atoms with E-state index in [9.17, 15) is 13.2 Å². The zero-order valence-corrected chi connectivity index (χ0v) is 15.1. The summed E-state index contributed by atoms with van der Waals surface area (Å²) in [4.78, 5) is 16.6. The second-order valence-corrected chi connectivity index (χ2v) is 8.15. The van der Waals surface area contributed by atoms with Crippen molar-refractivity contribution in [1.29, 1.82) is 0 Å². The summed E-state index contributed by atoms with van der Waals surface area (Å²) in [6, 6.07) is 7.24. The molecule has 2 heterocycles. The van der Waals surface area contributed by atoms with Crippen LogP contribution in [-0.2, 0) is 14.8 Å². The van der Waals surface area contributed by atoms with Crippen LogP contribution in [0.3, 0.4) is 0 Å². The van der Waals surface area contributed by atoms with Gasteiger partial charge >= 0.3 is 0 Å². The lowest BCUT2D eigenvalue weighted by Crippen LogP contribution is -2.51. The van der Waals surface area contributed by atoms with Crippen molar-refractivity contribution >= 4 is 21.8 Å². The number of amides is 1. The van der Waals surface area contributed by atoms with Crippen molar-refractivity contribution < 1.29 is 13.2 Å². The van der Waals surface area contributed by atoms with Crippen LogP contribution in [0.4, 0.5) is 0 Å². The maximum Gasteiger partial charge on any atom is 0.263 e. The zero-order chi connectivity index (χ0) is 17.9. The second-order valence-electron chi connectivity index (χ2n) is 6.49. The Labute approximate surface area is 148 Å². The molecule has 25 heavy (non-hydrogen) atoms. The first-order valence-corrected chi connectivity index (χ1v) is 10.1. The smallest absolute Gasteiger partial charge is 0.263 e. The first-order valence-electron chi connectivity index (χ1n) is 8.67. The van der Waals surface area contributed by atoms with E-state index in [2.05, 4.69) is 27.3 Å². The largest absolute Gasteiger partial charge is 0.352 e. The lowest BCUT2D eigenvalue weighted by atomic mass is 10.00. The Morgan fingerprint density at radius 3 is 2.96 bits per heavy atom. The lowest BCUT2D eigenvalue weighted by molar-refractivity contribution is -0.122. The van der Waals surface area contributed by atoms with Crippen molar-refractivity contribution in [2.24, 2.45) is 4.99 Å². The summed E-state index contributed by atoms with van der Waals surface area (Å²) in [6.45, 7) is 3.49. The van der Waals surface area contributed by atoms with E-state index >= 15 is 0 Å². The molecule has 0 radical (unpaired) electrons. The highest BCUT2D eigenvalue weighted by Gasteiger charge is 2.29. The van der Waals surface area contributed by atoms with Gasteiger partial charge in [-0.1, -0.05) is 12.1 Å². The lowest BCUT2D eigenvalue weighted by Gasteiger charge is -2.30. The number of fused-ring (bicyclic) bond motifs is 1. The summed E-state index contributed by atoms with van der Waals surface area (Å²) in [5.74, 6) is 0.384. The van der Waals surface area contributed by atoms with E-state index in [1.54, 1.807) is 24.3 Å². The molecule has 2 aliphatic rings. The van der Waals surface area contributed by atoms with E-state index in [0.29, 0.717) is 36.8 Å². The molecular weight excluding hydrogens is 340 g/mol. The van der Waals surface area contributed by atoms with Crippen LogP contribution in [0, 0.1) is 0 Å². The van der Waals surface area contributed by atoms with Gasteiger partial charge in [-0.2, -0.15) is 0 Å². The molecule has 2 unspecified atom stereocenters. The maximum absolute atomic E-state index is 12.1. The third-order valence-corrected chi connectivity index (χ3v) is 6.00.